The smallest absolute Gasteiger partial charge is 0.191 e. The molecule has 0 spiro atoms. The summed E-state index contributed by atoms with van der Waals surface area (Å²) in [7, 11) is 0. The molecule has 1 heterocycles. The molecule has 0 amide bonds. The Bertz CT molecular complexity index is 592. The Morgan fingerprint density at radius 3 is 2.67 bits per heavy atom. The van der Waals surface area contributed by atoms with Crippen LogP contribution in [0.2, 0.25) is 0 Å². The van der Waals surface area contributed by atoms with Gasteiger partial charge in [0, 0.05) is 11.8 Å². The van der Waals surface area contributed by atoms with Gasteiger partial charge in [0.25, 0.3) is 0 Å². The molecule has 1 aromatic heterocycles. The van der Waals surface area contributed by atoms with Gasteiger partial charge in [0.2, 0.25) is 0 Å². The highest BCUT2D eigenvalue weighted by molar-refractivity contribution is 7.98. The van der Waals surface area contributed by atoms with E-state index in [1.165, 1.54) is 18.4 Å². The van der Waals surface area contributed by atoms with E-state index in [1.807, 2.05) is 19.1 Å². The van der Waals surface area contributed by atoms with E-state index in [2.05, 4.69) is 26.9 Å². The van der Waals surface area contributed by atoms with Crippen molar-refractivity contribution >= 4 is 11.8 Å². The number of nitrogens with two attached hydrogens (primary N) is 1. The van der Waals surface area contributed by atoms with Crippen molar-refractivity contribution < 1.29 is 4.74 Å². The fourth-order valence-electron chi connectivity index (χ4n) is 2.24. The molecule has 0 aliphatic heterocycles. The first kappa shape index (κ1) is 14.4. The lowest BCUT2D eigenvalue weighted by Crippen LogP contribution is -2.08. The lowest BCUT2D eigenvalue weighted by atomic mass is 10.2. The third kappa shape index (κ3) is 3.39. The maximum absolute atomic E-state index is 5.74. The van der Waals surface area contributed by atoms with Crippen LogP contribution >= 0.6 is 11.8 Å². The minimum atomic E-state index is 0.452. The van der Waals surface area contributed by atoms with Crippen molar-refractivity contribution in [1.29, 1.82) is 0 Å². The van der Waals surface area contributed by atoms with Gasteiger partial charge in [-0.05, 0) is 37.5 Å². The van der Waals surface area contributed by atoms with Crippen LogP contribution in [0.4, 0.5) is 0 Å². The number of hydrogen-bond donors (Lipinski definition) is 1. The van der Waals surface area contributed by atoms with Crippen LogP contribution in [-0.4, -0.2) is 21.4 Å². The summed E-state index contributed by atoms with van der Waals surface area (Å²) in [6, 6.07) is 8.77. The number of nitrogens with zero attached hydrogens (tertiary/aromatic N) is 3. The number of rotatable bonds is 7. The number of hydrogen-bond acceptors (Lipinski definition) is 5. The van der Waals surface area contributed by atoms with E-state index in [9.17, 15) is 0 Å². The average molecular weight is 304 g/mol. The molecule has 1 aliphatic rings. The van der Waals surface area contributed by atoms with E-state index in [1.54, 1.807) is 11.8 Å². The third-order valence-corrected chi connectivity index (χ3v) is 4.45. The maximum atomic E-state index is 5.74. The summed E-state index contributed by atoms with van der Waals surface area (Å²) in [5.74, 6) is 2.69. The van der Waals surface area contributed by atoms with Crippen LogP contribution in [0.15, 0.2) is 29.4 Å². The molecule has 0 atom stereocenters. The number of ether oxygens (including phenoxy) is 1. The normalized spacial score (nSPS) is 14.4. The topological polar surface area (TPSA) is 66.0 Å². The Hall–Kier alpha value is -1.53. The van der Waals surface area contributed by atoms with Crippen molar-refractivity contribution in [2.75, 3.05) is 6.61 Å². The molecule has 5 nitrogen and oxygen atoms in total. The van der Waals surface area contributed by atoms with Crippen LogP contribution in [0.3, 0.4) is 0 Å². The molecule has 0 saturated heterocycles. The largest absolute Gasteiger partial charge is 0.494 e. The lowest BCUT2D eigenvalue weighted by Gasteiger charge is -2.08. The van der Waals surface area contributed by atoms with Gasteiger partial charge >= 0.3 is 0 Å². The van der Waals surface area contributed by atoms with Gasteiger partial charge in [-0.25, -0.2) is 0 Å². The Labute approximate surface area is 128 Å². The Morgan fingerprint density at radius 1 is 1.29 bits per heavy atom. The average Bonchev–Trinajstić information content (AvgIpc) is 3.27. The van der Waals surface area contributed by atoms with Crippen molar-refractivity contribution in [3.63, 3.8) is 0 Å². The number of aromatic nitrogens is 3. The number of thioether (sulfide) groups is 1. The zero-order valence-electron chi connectivity index (χ0n) is 12.2. The van der Waals surface area contributed by atoms with Gasteiger partial charge in [0.05, 0.1) is 13.2 Å². The van der Waals surface area contributed by atoms with E-state index in [0.717, 1.165) is 22.5 Å². The molecular formula is C15H20N4OS. The molecule has 21 heavy (non-hydrogen) atoms. The predicted molar refractivity (Wildman–Crippen MR) is 83.4 cm³/mol. The quantitative estimate of drug-likeness (QED) is 0.797. The Morgan fingerprint density at radius 2 is 2.05 bits per heavy atom. The zero-order valence-corrected chi connectivity index (χ0v) is 13.0. The van der Waals surface area contributed by atoms with E-state index in [4.69, 9.17) is 10.5 Å². The van der Waals surface area contributed by atoms with E-state index in [0.29, 0.717) is 19.2 Å². The molecule has 112 valence electrons. The molecule has 1 aliphatic carbocycles. The minimum Gasteiger partial charge on any atom is -0.494 e. The summed E-state index contributed by atoms with van der Waals surface area (Å²) < 4.78 is 7.66. The summed E-state index contributed by atoms with van der Waals surface area (Å²) in [6.45, 7) is 3.14. The molecular weight excluding hydrogens is 284 g/mol. The second kappa shape index (κ2) is 6.49. The van der Waals surface area contributed by atoms with Crippen LogP contribution in [0.5, 0.6) is 5.75 Å². The van der Waals surface area contributed by atoms with Crippen LogP contribution < -0.4 is 10.5 Å². The summed E-state index contributed by atoms with van der Waals surface area (Å²) >= 11 is 1.72. The molecule has 0 radical (unpaired) electrons. The molecule has 2 aromatic rings. The number of benzene rings is 1. The summed E-state index contributed by atoms with van der Waals surface area (Å²) in [5.41, 5.74) is 6.99. The highest BCUT2D eigenvalue weighted by atomic mass is 32.2. The molecule has 3 rings (SSSR count). The fourth-order valence-corrected chi connectivity index (χ4v) is 3.22. The van der Waals surface area contributed by atoms with Crippen LogP contribution in [-0.2, 0) is 12.3 Å². The van der Waals surface area contributed by atoms with Gasteiger partial charge in [-0.1, -0.05) is 23.9 Å². The first-order valence-corrected chi connectivity index (χ1v) is 8.28. The van der Waals surface area contributed by atoms with Gasteiger partial charge in [-0.2, -0.15) is 0 Å². The lowest BCUT2D eigenvalue weighted by molar-refractivity contribution is 0.340. The predicted octanol–water partition coefficient (Wildman–Crippen LogP) is 2.76. The molecule has 0 unspecified atom stereocenters. The standard InChI is InChI=1S/C15H20N4OS/c1-2-20-13-7-3-11(4-8-13)10-21-15-18-17-14(9-16)19(15)12-5-6-12/h3-4,7-8,12H,2,5-6,9-10,16H2,1H3. The van der Waals surface area contributed by atoms with Crippen molar-refractivity contribution in [3.05, 3.63) is 35.7 Å². The second-order valence-electron chi connectivity index (χ2n) is 5.07. The van der Waals surface area contributed by atoms with Crippen LogP contribution in [0, 0.1) is 0 Å². The Kier molecular flexibility index (Phi) is 4.45. The highest BCUT2D eigenvalue weighted by Crippen LogP contribution is 2.39. The van der Waals surface area contributed by atoms with Crippen molar-refractivity contribution in [2.24, 2.45) is 5.73 Å². The molecule has 1 saturated carbocycles. The molecule has 0 bridgehead atoms. The molecule has 1 fully saturated rings. The van der Waals surface area contributed by atoms with Crippen LogP contribution in [0.1, 0.15) is 37.2 Å². The first-order chi connectivity index (χ1) is 10.3. The fraction of sp³-hybridized carbons (Fsp3) is 0.467. The highest BCUT2D eigenvalue weighted by Gasteiger charge is 2.29. The van der Waals surface area contributed by atoms with Crippen molar-refractivity contribution in [3.8, 4) is 5.75 Å². The monoisotopic (exact) mass is 304 g/mol. The van der Waals surface area contributed by atoms with Gasteiger partial charge < -0.3 is 15.0 Å². The summed E-state index contributed by atoms with van der Waals surface area (Å²) in [6.07, 6.45) is 2.42. The van der Waals surface area contributed by atoms with Gasteiger partial charge in [0.15, 0.2) is 5.16 Å². The first-order valence-electron chi connectivity index (χ1n) is 7.30. The second-order valence-corrected chi connectivity index (χ2v) is 6.01. The Balaban J connectivity index is 1.66. The van der Waals surface area contributed by atoms with E-state index >= 15 is 0 Å². The van der Waals surface area contributed by atoms with E-state index < -0.39 is 0 Å². The maximum Gasteiger partial charge on any atom is 0.191 e. The van der Waals surface area contributed by atoms with Gasteiger partial charge in [0.1, 0.15) is 11.6 Å². The summed E-state index contributed by atoms with van der Waals surface area (Å²) in [5, 5.41) is 9.45. The van der Waals surface area contributed by atoms with E-state index in [-0.39, 0.29) is 0 Å². The SMILES string of the molecule is CCOc1ccc(CSc2nnc(CN)n2C2CC2)cc1. The zero-order chi connectivity index (χ0) is 14.7. The summed E-state index contributed by atoms with van der Waals surface area (Å²) in [4.78, 5) is 0. The van der Waals surface area contributed by atoms with Crippen LogP contribution in [0.25, 0.3) is 0 Å². The van der Waals surface area contributed by atoms with Crippen molar-refractivity contribution in [1.82, 2.24) is 14.8 Å². The third-order valence-electron chi connectivity index (χ3n) is 3.43. The molecule has 2 N–H and O–H groups in total. The molecule has 6 heteroatoms. The van der Waals surface area contributed by atoms with Gasteiger partial charge in [-0.15, -0.1) is 10.2 Å². The molecule has 1 aromatic carbocycles. The van der Waals surface area contributed by atoms with Gasteiger partial charge in [-0.3, -0.25) is 0 Å². The minimum absolute atomic E-state index is 0.452. The van der Waals surface area contributed by atoms with Crippen molar-refractivity contribution in [2.45, 2.75) is 43.3 Å².